The predicted octanol–water partition coefficient (Wildman–Crippen LogP) is 0.385. The summed E-state index contributed by atoms with van der Waals surface area (Å²) in [6, 6.07) is 1.34. The van der Waals surface area contributed by atoms with E-state index in [1.807, 2.05) is 13.8 Å². The summed E-state index contributed by atoms with van der Waals surface area (Å²) in [5.74, 6) is -2.99. The molecule has 1 fully saturated rings. The number of benzene rings is 1. The standard InChI is InChI=1S/C16H15BFN2O4/c1-7(2)17-10-5-8-9(6-11(10)18)16(24)20(15(8)23)12-3-4-13(21)19-14(12)22/h5-7,12H,3-4H2,1-2H3,(H,19,21,22). The second kappa shape index (κ2) is 5.85. The van der Waals surface area contributed by atoms with Crippen LogP contribution in [0, 0.1) is 5.82 Å². The molecule has 6 nitrogen and oxygen atoms in total. The Hall–Kier alpha value is -2.51. The fourth-order valence-electron chi connectivity index (χ4n) is 2.99. The maximum absolute atomic E-state index is 14.2. The minimum absolute atomic E-state index is 0.0462. The molecule has 1 atom stereocenters. The molecule has 3 rings (SSSR count). The van der Waals surface area contributed by atoms with E-state index in [1.54, 1.807) is 7.28 Å². The van der Waals surface area contributed by atoms with Crippen molar-refractivity contribution in [3.63, 3.8) is 0 Å². The zero-order valence-corrected chi connectivity index (χ0v) is 13.3. The highest BCUT2D eigenvalue weighted by atomic mass is 19.1. The van der Waals surface area contributed by atoms with Crippen LogP contribution in [-0.2, 0) is 9.59 Å². The molecule has 1 saturated heterocycles. The van der Waals surface area contributed by atoms with Gasteiger partial charge in [0.15, 0.2) is 7.28 Å². The van der Waals surface area contributed by atoms with Gasteiger partial charge in [0.05, 0.1) is 11.1 Å². The number of nitrogens with zero attached hydrogens (tertiary/aromatic N) is 1. The van der Waals surface area contributed by atoms with E-state index >= 15 is 0 Å². The summed E-state index contributed by atoms with van der Waals surface area (Å²) in [6.45, 7) is 3.74. The molecule has 24 heavy (non-hydrogen) atoms. The van der Waals surface area contributed by atoms with Gasteiger partial charge < -0.3 is 0 Å². The Bertz CT molecular complexity index is 778. The van der Waals surface area contributed by atoms with Gasteiger partial charge in [0.25, 0.3) is 11.8 Å². The van der Waals surface area contributed by atoms with Crippen LogP contribution in [-0.4, -0.2) is 41.8 Å². The van der Waals surface area contributed by atoms with E-state index in [0.29, 0.717) is 0 Å². The molecule has 2 aliphatic heterocycles. The van der Waals surface area contributed by atoms with Crippen LogP contribution in [0.4, 0.5) is 4.39 Å². The Balaban J connectivity index is 1.96. The van der Waals surface area contributed by atoms with Crippen LogP contribution in [0.1, 0.15) is 47.4 Å². The number of nitrogens with one attached hydrogen (secondary N) is 1. The number of carbonyl (C=O) groups is 4. The van der Waals surface area contributed by atoms with E-state index in [1.165, 1.54) is 6.07 Å². The molecule has 2 aliphatic rings. The third kappa shape index (κ3) is 2.62. The summed E-state index contributed by atoms with van der Waals surface area (Å²) < 4.78 is 14.2. The minimum Gasteiger partial charge on any atom is -0.295 e. The van der Waals surface area contributed by atoms with Gasteiger partial charge in [-0.3, -0.25) is 29.4 Å². The highest BCUT2D eigenvalue weighted by molar-refractivity contribution is 6.55. The number of imide groups is 2. The number of halogens is 1. The molecular weight excluding hydrogens is 314 g/mol. The third-order valence-electron chi connectivity index (χ3n) is 4.07. The quantitative estimate of drug-likeness (QED) is 0.642. The lowest BCUT2D eigenvalue weighted by Gasteiger charge is -2.27. The molecule has 0 aromatic heterocycles. The number of hydrogen-bond donors (Lipinski definition) is 1. The number of rotatable bonds is 3. The molecule has 1 aromatic carbocycles. The van der Waals surface area contributed by atoms with Crippen molar-refractivity contribution in [2.75, 3.05) is 0 Å². The van der Waals surface area contributed by atoms with E-state index < -0.39 is 35.5 Å². The highest BCUT2D eigenvalue weighted by Gasteiger charge is 2.45. The van der Waals surface area contributed by atoms with Gasteiger partial charge in [-0.25, -0.2) is 4.39 Å². The molecule has 0 saturated carbocycles. The molecule has 1 unspecified atom stereocenters. The summed E-state index contributed by atoms with van der Waals surface area (Å²) in [4.78, 5) is 49.1. The fourth-order valence-corrected chi connectivity index (χ4v) is 2.99. The van der Waals surface area contributed by atoms with Crippen LogP contribution in [0.3, 0.4) is 0 Å². The molecular formula is C16H15BFN2O4. The Morgan fingerprint density at radius 1 is 1.17 bits per heavy atom. The second-order valence-corrected chi connectivity index (χ2v) is 6.28. The zero-order valence-electron chi connectivity index (χ0n) is 13.3. The lowest BCUT2D eigenvalue weighted by atomic mass is 9.60. The van der Waals surface area contributed by atoms with Gasteiger partial charge in [0.2, 0.25) is 11.8 Å². The predicted molar refractivity (Wildman–Crippen MR) is 83.6 cm³/mol. The van der Waals surface area contributed by atoms with E-state index in [2.05, 4.69) is 5.32 Å². The number of fused-ring (bicyclic) bond motifs is 1. The largest absolute Gasteiger partial charge is 0.295 e. The molecule has 1 radical (unpaired) electrons. The molecule has 1 aromatic rings. The van der Waals surface area contributed by atoms with Crippen LogP contribution >= 0.6 is 0 Å². The fraction of sp³-hybridized carbons (Fsp3) is 0.375. The van der Waals surface area contributed by atoms with Crippen molar-refractivity contribution < 1.29 is 23.6 Å². The number of piperidine rings is 1. The minimum atomic E-state index is -1.05. The van der Waals surface area contributed by atoms with E-state index in [-0.39, 0.29) is 35.2 Å². The molecule has 0 aliphatic carbocycles. The van der Waals surface area contributed by atoms with E-state index in [9.17, 15) is 23.6 Å². The van der Waals surface area contributed by atoms with Crippen molar-refractivity contribution in [1.82, 2.24) is 10.2 Å². The Labute approximate surface area is 138 Å². The van der Waals surface area contributed by atoms with E-state index in [0.717, 1.165) is 11.0 Å². The summed E-state index contributed by atoms with van der Waals surface area (Å²) in [5, 5.41) is 2.12. The van der Waals surface area contributed by atoms with Crippen molar-refractivity contribution in [3.8, 4) is 0 Å². The van der Waals surface area contributed by atoms with Gasteiger partial charge in [-0.1, -0.05) is 31.2 Å². The summed E-state index contributed by atoms with van der Waals surface area (Å²) in [5.41, 5.74) is 0.274. The monoisotopic (exact) mass is 329 g/mol. The molecule has 0 spiro atoms. The van der Waals surface area contributed by atoms with Crippen LogP contribution in [0.5, 0.6) is 0 Å². The van der Waals surface area contributed by atoms with Gasteiger partial charge in [-0.05, 0) is 12.5 Å². The molecule has 1 N–H and O–H groups in total. The lowest BCUT2D eigenvalue weighted by Crippen LogP contribution is -2.54. The van der Waals surface area contributed by atoms with Crippen LogP contribution in [0.25, 0.3) is 0 Å². The van der Waals surface area contributed by atoms with Crippen LogP contribution in [0.15, 0.2) is 12.1 Å². The zero-order chi connectivity index (χ0) is 17.6. The smallest absolute Gasteiger partial charge is 0.262 e. The maximum atomic E-state index is 14.2. The normalized spacial score (nSPS) is 20.5. The topological polar surface area (TPSA) is 83.6 Å². The summed E-state index contributed by atoms with van der Waals surface area (Å²) in [6.07, 6.45) is 0.119. The van der Waals surface area contributed by atoms with Crippen LogP contribution in [0.2, 0.25) is 5.82 Å². The first-order chi connectivity index (χ1) is 11.3. The van der Waals surface area contributed by atoms with Crippen molar-refractivity contribution in [3.05, 3.63) is 29.1 Å². The molecule has 0 bridgehead atoms. The van der Waals surface area contributed by atoms with Gasteiger partial charge in [-0.15, -0.1) is 0 Å². The first-order valence-electron chi connectivity index (χ1n) is 7.69. The SMILES string of the molecule is CC(C)[B]c1cc2c(cc1F)C(=O)N(C1CCC(=O)NC1=O)C2=O. The van der Waals surface area contributed by atoms with Crippen LogP contribution < -0.4 is 10.8 Å². The molecule has 8 heteroatoms. The first-order valence-corrected chi connectivity index (χ1v) is 7.69. The summed E-state index contributed by atoms with van der Waals surface area (Å²) >= 11 is 0. The van der Waals surface area contributed by atoms with Crippen molar-refractivity contribution >= 4 is 36.4 Å². The number of carbonyl (C=O) groups excluding carboxylic acids is 4. The van der Waals surface area contributed by atoms with Gasteiger partial charge >= 0.3 is 0 Å². The Morgan fingerprint density at radius 3 is 2.38 bits per heavy atom. The van der Waals surface area contributed by atoms with Crippen molar-refractivity contribution in [2.24, 2.45) is 0 Å². The summed E-state index contributed by atoms with van der Waals surface area (Å²) in [7, 11) is 1.65. The van der Waals surface area contributed by atoms with Crippen molar-refractivity contribution in [2.45, 2.75) is 38.5 Å². The van der Waals surface area contributed by atoms with Gasteiger partial charge in [-0.2, -0.15) is 0 Å². The average molecular weight is 329 g/mol. The highest BCUT2D eigenvalue weighted by Crippen LogP contribution is 2.27. The Kier molecular flexibility index (Phi) is 3.99. The van der Waals surface area contributed by atoms with Gasteiger partial charge in [0.1, 0.15) is 11.9 Å². The molecule has 2 heterocycles. The number of hydrogen-bond acceptors (Lipinski definition) is 4. The Morgan fingerprint density at radius 2 is 1.79 bits per heavy atom. The van der Waals surface area contributed by atoms with Gasteiger partial charge in [0, 0.05) is 6.42 Å². The lowest BCUT2D eigenvalue weighted by molar-refractivity contribution is -0.136. The average Bonchev–Trinajstić information content (AvgIpc) is 2.72. The first kappa shape index (κ1) is 16.4. The third-order valence-corrected chi connectivity index (χ3v) is 4.07. The van der Waals surface area contributed by atoms with E-state index in [4.69, 9.17) is 0 Å². The second-order valence-electron chi connectivity index (χ2n) is 6.28. The molecule has 4 amide bonds. The molecule has 123 valence electrons. The number of amides is 4. The van der Waals surface area contributed by atoms with Crippen molar-refractivity contribution in [1.29, 1.82) is 0 Å². The maximum Gasteiger partial charge on any atom is 0.262 e.